The van der Waals surface area contributed by atoms with Crippen LogP contribution in [-0.4, -0.2) is 14.5 Å². The van der Waals surface area contributed by atoms with Gasteiger partial charge in [-0.1, -0.05) is 12.1 Å². The fourth-order valence-electron chi connectivity index (χ4n) is 2.82. The number of hydrogen-bond acceptors (Lipinski definition) is 6. The summed E-state index contributed by atoms with van der Waals surface area (Å²) in [6.07, 6.45) is 0. The van der Waals surface area contributed by atoms with E-state index in [-0.39, 0.29) is 5.69 Å². The van der Waals surface area contributed by atoms with Gasteiger partial charge in [0.1, 0.15) is 0 Å². The molecule has 1 heterocycles. The topological polar surface area (TPSA) is 123 Å². The monoisotopic (exact) mass is 387 g/mol. The minimum Gasteiger partial charge on any atom is -0.306 e. The quantitative estimate of drug-likeness (QED) is 0.323. The molecular formula is C20H13N5O4. The second-order valence-electron chi connectivity index (χ2n) is 6.11. The van der Waals surface area contributed by atoms with Crippen molar-refractivity contribution in [1.82, 2.24) is 9.55 Å². The average molecular weight is 387 g/mol. The van der Waals surface area contributed by atoms with Crippen molar-refractivity contribution in [3.8, 4) is 5.69 Å². The van der Waals surface area contributed by atoms with Gasteiger partial charge in [0.05, 0.1) is 32.9 Å². The van der Waals surface area contributed by atoms with Gasteiger partial charge in [-0.2, -0.15) is 10.2 Å². The van der Waals surface area contributed by atoms with Crippen LogP contribution in [0, 0.1) is 10.1 Å². The van der Waals surface area contributed by atoms with Gasteiger partial charge in [-0.15, -0.1) is 0 Å². The van der Waals surface area contributed by atoms with E-state index in [4.69, 9.17) is 0 Å². The lowest BCUT2D eigenvalue weighted by Crippen LogP contribution is -2.33. The minimum absolute atomic E-state index is 0.0284. The summed E-state index contributed by atoms with van der Waals surface area (Å²) in [5, 5.41) is 19.2. The van der Waals surface area contributed by atoms with Crippen molar-refractivity contribution in [1.29, 1.82) is 0 Å². The van der Waals surface area contributed by atoms with Gasteiger partial charge in [0.15, 0.2) is 0 Å². The zero-order valence-corrected chi connectivity index (χ0v) is 14.9. The van der Waals surface area contributed by atoms with Crippen molar-refractivity contribution in [2.45, 2.75) is 0 Å². The third-order valence-electron chi connectivity index (χ3n) is 4.25. The maximum Gasteiger partial charge on any atom is 0.333 e. The second kappa shape index (κ2) is 7.31. The van der Waals surface area contributed by atoms with E-state index in [1.54, 1.807) is 48.5 Å². The van der Waals surface area contributed by atoms with E-state index >= 15 is 0 Å². The first kappa shape index (κ1) is 18.0. The van der Waals surface area contributed by atoms with E-state index in [9.17, 15) is 19.7 Å². The molecule has 142 valence electrons. The number of benzene rings is 3. The van der Waals surface area contributed by atoms with Crippen LogP contribution in [-0.2, 0) is 0 Å². The van der Waals surface area contributed by atoms with Crippen LogP contribution < -0.4 is 11.2 Å². The molecule has 9 heteroatoms. The number of nitrogens with one attached hydrogen (secondary N) is 1. The molecule has 9 nitrogen and oxygen atoms in total. The Morgan fingerprint density at radius 3 is 2.03 bits per heavy atom. The van der Waals surface area contributed by atoms with E-state index in [1.807, 2.05) is 0 Å². The number of nitro benzene ring substituents is 1. The van der Waals surface area contributed by atoms with Crippen LogP contribution in [0.1, 0.15) is 0 Å². The van der Waals surface area contributed by atoms with Crippen molar-refractivity contribution in [3.63, 3.8) is 0 Å². The number of nitro groups is 1. The van der Waals surface area contributed by atoms with Crippen molar-refractivity contribution in [3.05, 3.63) is 104 Å². The van der Waals surface area contributed by atoms with E-state index in [1.165, 1.54) is 24.3 Å². The standard InChI is InChI=1S/C20H13N5O4/c26-19-17-3-1-2-4-18(17)21-20(27)24(19)15-9-5-13(6-10-15)22-23-14-7-11-16(12-8-14)25(28)29/h1-12H,(H,21,27). The molecule has 0 radical (unpaired) electrons. The van der Waals surface area contributed by atoms with Crippen LogP contribution in [0.5, 0.6) is 0 Å². The Balaban J connectivity index is 1.63. The highest BCUT2D eigenvalue weighted by molar-refractivity contribution is 5.77. The summed E-state index contributed by atoms with van der Waals surface area (Å²) in [7, 11) is 0. The van der Waals surface area contributed by atoms with Gasteiger partial charge >= 0.3 is 5.69 Å². The molecule has 0 fully saturated rings. The molecule has 0 aliphatic carbocycles. The van der Waals surface area contributed by atoms with Gasteiger partial charge < -0.3 is 4.98 Å². The molecule has 4 aromatic rings. The molecule has 0 amide bonds. The van der Waals surface area contributed by atoms with E-state index in [0.717, 1.165) is 4.57 Å². The number of aromatic amines is 1. The summed E-state index contributed by atoms with van der Waals surface area (Å²) in [5.74, 6) is 0. The molecule has 29 heavy (non-hydrogen) atoms. The first-order valence-electron chi connectivity index (χ1n) is 8.54. The summed E-state index contributed by atoms with van der Waals surface area (Å²) in [5.41, 5.74) is 0.862. The predicted molar refractivity (Wildman–Crippen MR) is 107 cm³/mol. The number of para-hydroxylation sites is 1. The van der Waals surface area contributed by atoms with Crippen LogP contribution in [0.25, 0.3) is 16.6 Å². The van der Waals surface area contributed by atoms with Gasteiger partial charge in [-0.05, 0) is 48.5 Å². The molecule has 0 spiro atoms. The SMILES string of the molecule is O=c1[nH]c2ccccc2c(=O)n1-c1ccc(N=Nc2ccc([N+](=O)[O-])cc2)cc1. The van der Waals surface area contributed by atoms with E-state index < -0.39 is 16.2 Å². The Morgan fingerprint density at radius 2 is 1.41 bits per heavy atom. The number of nitrogens with zero attached hydrogens (tertiary/aromatic N) is 4. The maximum atomic E-state index is 12.7. The Bertz CT molecular complexity index is 1350. The van der Waals surface area contributed by atoms with Crippen LogP contribution in [0.15, 0.2) is 92.6 Å². The van der Waals surface area contributed by atoms with Gasteiger partial charge in [0.2, 0.25) is 0 Å². The Morgan fingerprint density at radius 1 is 0.828 bits per heavy atom. The first-order chi connectivity index (χ1) is 14.0. The smallest absolute Gasteiger partial charge is 0.306 e. The maximum absolute atomic E-state index is 12.7. The lowest BCUT2D eigenvalue weighted by molar-refractivity contribution is -0.384. The number of fused-ring (bicyclic) bond motifs is 1. The van der Waals surface area contributed by atoms with Crippen LogP contribution in [0.4, 0.5) is 17.1 Å². The summed E-state index contributed by atoms with van der Waals surface area (Å²) in [4.78, 5) is 37.9. The molecule has 1 N–H and O–H groups in total. The molecule has 0 atom stereocenters. The normalized spacial score (nSPS) is 11.2. The van der Waals surface area contributed by atoms with Crippen molar-refractivity contribution in [2.75, 3.05) is 0 Å². The van der Waals surface area contributed by atoms with Crippen LogP contribution in [0.2, 0.25) is 0 Å². The molecule has 0 saturated heterocycles. The largest absolute Gasteiger partial charge is 0.333 e. The summed E-state index contributed by atoms with van der Waals surface area (Å²) in [6, 6.07) is 18.9. The van der Waals surface area contributed by atoms with E-state index in [2.05, 4.69) is 15.2 Å². The zero-order valence-electron chi connectivity index (χ0n) is 14.9. The number of rotatable bonds is 4. The Hall–Kier alpha value is -4.40. The third kappa shape index (κ3) is 3.56. The molecule has 0 bridgehead atoms. The second-order valence-corrected chi connectivity index (χ2v) is 6.11. The average Bonchev–Trinajstić information content (AvgIpc) is 2.73. The van der Waals surface area contributed by atoms with Gasteiger partial charge in [0, 0.05) is 12.1 Å². The highest BCUT2D eigenvalue weighted by Gasteiger charge is 2.09. The molecule has 0 aliphatic rings. The summed E-state index contributed by atoms with van der Waals surface area (Å²) >= 11 is 0. The van der Waals surface area contributed by atoms with E-state index in [0.29, 0.717) is 28.0 Å². The zero-order chi connectivity index (χ0) is 20.4. The highest BCUT2D eigenvalue weighted by Crippen LogP contribution is 2.21. The number of aromatic nitrogens is 2. The molecule has 0 aliphatic heterocycles. The number of hydrogen-bond donors (Lipinski definition) is 1. The molecule has 0 saturated carbocycles. The van der Waals surface area contributed by atoms with Gasteiger partial charge in [0.25, 0.3) is 11.2 Å². The molecule has 0 unspecified atom stereocenters. The predicted octanol–water partition coefficient (Wildman–Crippen LogP) is 4.00. The minimum atomic E-state index is -0.533. The Kier molecular flexibility index (Phi) is 4.54. The van der Waals surface area contributed by atoms with Crippen molar-refractivity contribution in [2.24, 2.45) is 10.2 Å². The van der Waals surface area contributed by atoms with Gasteiger partial charge in [-0.25, -0.2) is 9.36 Å². The lowest BCUT2D eigenvalue weighted by atomic mass is 10.2. The number of non-ortho nitro benzene ring substituents is 1. The summed E-state index contributed by atoms with van der Waals surface area (Å²) < 4.78 is 1.06. The van der Waals surface area contributed by atoms with Crippen molar-refractivity contribution >= 4 is 28.0 Å². The Labute approximate surface area is 162 Å². The first-order valence-corrected chi connectivity index (χ1v) is 8.54. The van der Waals surface area contributed by atoms with Crippen LogP contribution in [0.3, 0.4) is 0 Å². The van der Waals surface area contributed by atoms with Gasteiger partial charge in [-0.3, -0.25) is 14.9 Å². The molecule has 4 rings (SSSR count). The lowest BCUT2D eigenvalue weighted by Gasteiger charge is -2.06. The fourth-order valence-corrected chi connectivity index (χ4v) is 2.82. The molecule has 3 aromatic carbocycles. The highest BCUT2D eigenvalue weighted by atomic mass is 16.6. The third-order valence-corrected chi connectivity index (χ3v) is 4.25. The molecular weight excluding hydrogens is 374 g/mol. The fraction of sp³-hybridized carbons (Fsp3) is 0. The summed E-state index contributed by atoms with van der Waals surface area (Å²) in [6.45, 7) is 0. The van der Waals surface area contributed by atoms with Crippen LogP contribution >= 0.6 is 0 Å². The molecule has 1 aromatic heterocycles. The number of H-pyrrole nitrogens is 1. The van der Waals surface area contributed by atoms with Crippen molar-refractivity contribution < 1.29 is 4.92 Å². The number of azo groups is 1.